The number of aliphatic carboxylic acids is 1. The summed E-state index contributed by atoms with van der Waals surface area (Å²) in [7, 11) is 0. The maximum Gasteiger partial charge on any atom is 0.329 e. The SMILES string of the molecule is CC[C@H](C)[C@@H](NC(=O)[C@@H](C)n1c(=O)[nH]c2ccccc2c1=O)C(=O)O. The van der Waals surface area contributed by atoms with E-state index in [-0.39, 0.29) is 11.3 Å². The molecule has 25 heavy (non-hydrogen) atoms. The highest BCUT2D eigenvalue weighted by Crippen LogP contribution is 2.11. The van der Waals surface area contributed by atoms with Crippen LogP contribution in [0, 0.1) is 5.92 Å². The fourth-order valence-corrected chi connectivity index (χ4v) is 2.60. The molecule has 8 heteroatoms. The third kappa shape index (κ3) is 3.62. The minimum atomic E-state index is -1.16. The lowest BCUT2D eigenvalue weighted by atomic mass is 9.99. The molecule has 1 heterocycles. The highest BCUT2D eigenvalue weighted by molar-refractivity contribution is 5.86. The van der Waals surface area contributed by atoms with E-state index in [1.807, 2.05) is 6.92 Å². The lowest BCUT2D eigenvalue weighted by Crippen LogP contribution is -2.50. The van der Waals surface area contributed by atoms with Gasteiger partial charge in [-0.2, -0.15) is 0 Å². The number of rotatable bonds is 6. The minimum Gasteiger partial charge on any atom is -0.480 e. The summed E-state index contributed by atoms with van der Waals surface area (Å²) in [6.45, 7) is 4.91. The van der Waals surface area contributed by atoms with E-state index < -0.39 is 35.2 Å². The Labute approximate surface area is 143 Å². The highest BCUT2D eigenvalue weighted by Gasteiger charge is 2.29. The van der Waals surface area contributed by atoms with E-state index in [9.17, 15) is 24.3 Å². The predicted octanol–water partition coefficient (Wildman–Crippen LogP) is 0.866. The number of carbonyl (C=O) groups excluding carboxylic acids is 1. The summed E-state index contributed by atoms with van der Waals surface area (Å²) in [5.74, 6) is -2.15. The van der Waals surface area contributed by atoms with E-state index in [0.717, 1.165) is 4.57 Å². The van der Waals surface area contributed by atoms with Crippen LogP contribution in [0.3, 0.4) is 0 Å². The van der Waals surface area contributed by atoms with Crippen LogP contribution >= 0.6 is 0 Å². The maximum absolute atomic E-state index is 12.6. The van der Waals surface area contributed by atoms with E-state index in [1.54, 1.807) is 31.2 Å². The molecule has 8 nitrogen and oxygen atoms in total. The number of para-hydroxylation sites is 1. The summed E-state index contributed by atoms with van der Waals surface area (Å²) in [4.78, 5) is 51.1. The van der Waals surface area contributed by atoms with Crippen LogP contribution in [0.4, 0.5) is 0 Å². The van der Waals surface area contributed by atoms with Crippen molar-refractivity contribution in [3.63, 3.8) is 0 Å². The Morgan fingerprint density at radius 2 is 1.88 bits per heavy atom. The second-order valence-electron chi connectivity index (χ2n) is 6.04. The fourth-order valence-electron chi connectivity index (χ4n) is 2.60. The summed E-state index contributed by atoms with van der Waals surface area (Å²) in [6.07, 6.45) is 0.558. The third-order valence-corrected chi connectivity index (χ3v) is 4.38. The first kappa shape index (κ1) is 18.4. The number of nitrogens with zero attached hydrogens (tertiary/aromatic N) is 1. The van der Waals surface area contributed by atoms with Crippen molar-refractivity contribution in [1.82, 2.24) is 14.9 Å². The Hall–Kier alpha value is -2.90. The number of carboxylic acids is 1. The number of hydrogen-bond acceptors (Lipinski definition) is 4. The zero-order chi connectivity index (χ0) is 18.7. The Morgan fingerprint density at radius 3 is 2.48 bits per heavy atom. The van der Waals surface area contributed by atoms with Gasteiger partial charge in [0.2, 0.25) is 5.91 Å². The molecule has 0 saturated carbocycles. The molecule has 1 aromatic carbocycles. The number of fused-ring (bicyclic) bond motifs is 1. The van der Waals surface area contributed by atoms with Crippen molar-refractivity contribution < 1.29 is 14.7 Å². The summed E-state index contributed by atoms with van der Waals surface area (Å²) < 4.78 is 0.799. The molecule has 0 unspecified atom stereocenters. The average molecular weight is 347 g/mol. The molecule has 1 aromatic heterocycles. The van der Waals surface area contributed by atoms with Crippen LogP contribution in [0.15, 0.2) is 33.9 Å². The number of H-pyrrole nitrogens is 1. The topological polar surface area (TPSA) is 121 Å². The molecule has 1 amide bonds. The van der Waals surface area contributed by atoms with Gasteiger partial charge in [-0.3, -0.25) is 9.59 Å². The minimum absolute atomic E-state index is 0.276. The van der Waals surface area contributed by atoms with Gasteiger partial charge in [0.1, 0.15) is 12.1 Å². The molecule has 0 radical (unpaired) electrons. The van der Waals surface area contributed by atoms with Gasteiger partial charge in [0.05, 0.1) is 10.9 Å². The number of amides is 1. The molecule has 0 saturated heterocycles. The van der Waals surface area contributed by atoms with Crippen molar-refractivity contribution in [2.24, 2.45) is 5.92 Å². The maximum atomic E-state index is 12.6. The molecule has 0 fully saturated rings. The van der Waals surface area contributed by atoms with Crippen LogP contribution in [0.25, 0.3) is 10.9 Å². The number of hydrogen-bond donors (Lipinski definition) is 3. The van der Waals surface area contributed by atoms with Crippen molar-refractivity contribution in [3.8, 4) is 0 Å². The number of carboxylic acid groups (broad SMARTS) is 1. The van der Waals surface area contributed by atoms with E-state index in [0.29, 0.717) is 11.9 Å². The summed E-state index contributed by atoms with van der Waals surface area (Å²) in [5, 5.41) is 12.0. The van der Waals surface area contributed by atoms with Gasteiger partial charge >= 0.3 is 11.7 Å². The lowest BCUT2D eigenvalue weighted by molar-refractivity contribution is -0.143. The summed E-state index contributed by atoms with van der Waals surface area (Å²) >= 11 is 0. The molecule has 0 spiro atoms. The van der Waals surface area contributed by atoms with Gasteiger partial charge in [-0.05, 0) is 25.0 Å². The van der Waals surface area contributed by atoms with Crippen LogP contribution in [-0.4, -0.2) is 32.6 Å². The lowest BCUT2D eigenvalue weighted by Gasteiger charge is -2.22. The van der Waals surface area contributed by atoms with Crippen LogP contribution in [0.5, 0.6) is 0 Å². The van der Waals surface area contributed by atoms with Crippen molar-refractivity contribution in [2.75, 3.05) is 0 Å². The first-order valence-corrected chi connectivity index (χ1v) is 8.04. The van der Waals surface area contributed by atoms with E-state index in [4.69, 9.17) is 0 Å². The first-order valence-electron chi connectivity index (χ1n) is 8.04. The number of benzene rings is 1. The van der Waals surface area contributed by atoms with Gasteiger partial charge in [-0.25, -0.2) is 14.2 Å². The monoisotopic (exact) mass is 347 g/mol. The standard InChI is InChI=1S/C17H21N3O5/c1-4-9(2)13(16(23)24)19-14(21)10(3)20-15(22)11-7-5-6-8-12(11)18-17(20)25/h5-10,13H,4H2,1-3H3,(H,18,25)(H,19,21)(H,23,24)/t9-,10+,13+/m0/s1. The molecule has 0 aliphatic heterocycles. The van der Waals surface area contributed by atoms with E-state index >= 15 is 0 Å². The highest BCUT2D eigenvalue weighted by atomic mass is 16.4. The molecule has 2 rings (SSSR count). The number of aromatic amines is 1. The van der Waals surface area contributed by atoms with Gasteiger partial charge < -0.3 is 15.4 Å². The largest absolute Gasteiger partial charge is 0.480 e. The third-order valence-electron chi connectivity index (χ3n) is 4.38. The molecule has 0 aliphatic rings. The Bertz CT molecular complexity index is 914. The summed E-state index contributed by atoms with van der Waals surface area (Å²) in [5.41, 5.74) is -0.941. The van der Waals surface area contributed by atoms with Crippen LogP contribution < -0.4 is 16.6 Å². The Balaban J connectivity index is 2.40. The van der Waals surface area contributed by atoms with E-state index in [1.165, 1.54) is 6.92 Å². The van der Waals surface area contributed by atoms with Gasteiger partial charge in [0, 0.05) is 0 Å². The number of carbonyl (C=O) groups is 2. The number of nitrogens with one attached hydrogen (secondary N) is 2. The smallest absolute Gasteiger partial charge is 0.329 e. The molecule has 3 N–H and O–H groups in total. The van der Waals surface area contributed by atoms with Gasteiger partial charge in [-0.1, -0.05) is 32.4 Å². The van der Waals surface area contributed by atoms with Crippen molar-refractivity contribution in [3.05, 3.63) is 45.1 Å². The van der Waals surface area contributed by atoms with Crippen LogP contribution in [-0.2, 0) is 9.59 Å². The molecule has 3 atom stereocenters. The second-order valence-corrected chi connectivity index (χ2v) is 6.04. The molecular formula is C17H21N3O5. The number of aromatic nitrogens is 2. The fraction of sp³-hybridized carbons (Fsp3) is 0.412. The zero-order valence-corrected chi connectivity index (χ0v) is 14.3. The molecule has 0 aliphatic carbocycles. The second kappa shape index (κ2) is 7.33. The van der Waals surface area contributed by atoms with Gasteiger partial charge in [0.15, 0.2) is 0 Å². The van der Waals surface area contributed by atoms with Crippen LogP contribution in [0.2, 0.25) is 0 Å². The van der Waals surface area contributed by atoms with E-state index in [2.05, 4.69) is 10.3 Å². The Kier molecular flexibility index (Phi) is 5.41. The molecule has 2 aromatic rings. The summed E-state index contributed by atoms with van der Waals surface area (Å²) in [6, 6.07) is 4.24. The molecule has 134 valence electrons. The quantitative estimate of drug-likeness (QED) is 0.716. The molecular weight excluding hydrogens is 326 g/mol. The van der Waals surface area contributed by atoms with Gasteiger partial charge in [0.25, 0.3) is 5.56 Å². The van der Waals surface area contributed by atoms with Crippen molar-refractivity contribution >= 4 is 22.8 Å². The van der Waals surface area contributed by atoms with Gasteiger partial charge in [-0.15, -0.1) is 0 Å². The van der Waals surface area contributed by atoms with Crippen molar-refractivity contribution in [2.45, 2.75) is 39.3 Å². The van der Waals surface area contributed by atoms with Crippen LogP contribution in [0.1, 0.15) is 33.2 Å². The van der Waals surface area contributed by atoms with Crippen molar-refractivity contribution in [1.29, 1.82) is 0 Å². The average Bonchev–Trinajstić information content (AvgIpc) is 2.58. The Morgan fingerprint density at radius 1 is 1.24 bits per heavy atom. The first-order chi connectivity index (χ1) is 11.8. The molecule has 0 bridgehead atoms. The zero-order valence-electron chi connectivity index (χ0n) is 14.3. The predicted molar refractivity (Wildman–Crippen MR) is 92.6 cm³/mol. The normalized spacial score (nSPS) is 14.7.